The standard InChI is InChI=1S/C50H38N8O17/c59-39-17-18-40(60)55(39)33-9-1-29(2-10-33)51-47(67)72-27-37(74-49(69)53-31-5-13-35(14-6-31)57-43(63)21-22-44(57)64)25-71-26-38(75-50(70)54-32-7-15-36(16-8-32)58-45(65)23-24-46(58)66)28-73-48(68)52-30-3-11-34(12-4-30)56-41(61)19-20-42(56)62/h1-24,37-38H,25-28H2,(H,51,67)(H,52,68)(H,53,69)(H,54,70). The summed E-state index contributed by atoms with van der Waals surface area (Å²) in [6, 6.07) is 22.4. The third-order valence-corrected chi connectivity index (χ3v) is 10.7. The lowest BCUT2D eigenvalue weighted by molar-refractivity contribution is -0.121. The second kappa shape index (κ2) is 22.7. The van der Waals surface area contributed by atoms with Crippen LogP contribution in [0.1, 0.15) is 0 Å². The summed E-state index contributed by atoms with van der Waals surface area (Å²) in [5, 5.41) is 9.87. The van der Waals surface area contributed by atoms with Crippen molar-refractivity contribution >= 4 is 117 Å². The first kappa shape index (κ1) is 50.8. The molecular formula is C50H38N8O17. The van der Waals surface area contributed by atoms with E-state index in [9.17, 15) is 57.5 Å². The van der Waals surface area contributed by atoms with E-state index in [1.165, 1.54) is 97.1 Å². The lowest BCUT2D eigenvalue weighted by Gasteiger charge is -2.22. The van der Waals surface area contributed by atoms with E-state index in [2.05, 4.69) is 21.3 Å². The number of benzene rings is 4. The molecular weight excluding hydrogens is 985 g/mol. The largest absolute Gasteiger partial charge is 0.445 e. The van der Waals surface area contributed by atoms with Crippen LogP contribution in [0.25, 0.3) is 0 Å². The molecule has 0 radical (unpaired) electrons. The van der Waals surface area contributed by atoms with Gasteiger partial charge in [-0.3, -0.25) is 59.6 Å². The van der Waals surface area contributed by atoms with Gasteiger partial charge in [0.1, 0.15) is 13.2 Å². The van der Waals surface area contributed by atoms with Gasteiger partial charge in [0.05, 0.1) is 36.0 Å². The highest BCUT2D eigenvalue weighted by molar-refractivity contribution is 6.30. The molecule has 8 rings (SSSR count). The summed E-state index contributed by atoms with van der Waals surface area (Å²) in [4.78, 5) is 153. The van der Waals surface area contributed by atoms with Crippen molar-refractivity contribution in [1.29, 1.82) is 0 Å². The van der Waals surface area contributed by atoms with Gasteiger partial charge in [-0.1, -0.05) is 0 Å². The molecule has 2 atom stereocenters. The number of anilines is 8. The Morgan fingerprint density at radius 1 is 0.320 bits per heavy atom. The van der Waals surface area contributed by atoms with Crippen LogP contribution in [-0.4, -0.2) is 110 Å². The Hall–Kier alpha value is -10.6. The summed E-state index contributed by atoms with van der Waals surface area (Å²) in [5.74, 6) is -4.42. The first-order chi connectivity index (χ1) is 36.1. The van der Waals surface area contributed by atoms with Gasteiger partial charge in [-0.15, -0.1) is 0 Å². The van der Waals surface area contributed by atoms with Crippen molar-refractivity contribution in [2.75, 3.05) is 67.3 Å². The quantitative estimate of drug-likeness (QED) is 0.0790. The number of carbonyl (C=O) groups is 12. The van der Waals surface area contributed by atoms with Gasteiger partial charge in [0.2, 0.25) is 0 Å². The van der Waals surface area contributed by atoms with E-state index < -0.39 is 110 Å². The molecule has 0 saturated heterocycles. The van der Waals surface area contributed by atoms with Crippen LogP contribution < -0.4 is 40.9 Å². The molecule has 25 nitrogen and oxygen atoms in total. The molecule has 4 aliphatic rings. The zero-order valence-electron chi connectivity index (χ0n) is 38.6. The van der Waals surface area contributed by atoms with Gasteiger partial charge in [0.25, 0.3) is 47.3 Å². The van der Waals surface area contributed by atoms with Crippen molar-refractivity contribution in [3.63, 3.8) is 0 Å². The molecule has 4 aromatic rings. The Kier molecular flexibility index (Phi) is 15.4. The third-order valence-electron chi connectivity index (χ3n) is 10.7. The Labute approximate surface area is 422 Å². The number of nitrogens with zero attached hydrogens (tertiary/aromatic N) is 4. The number of hydrogen-bond donors (Lipinski definition) is 4. The number of rotatable bonds is 18. The van der Waals surface area contributed by atoms with E-state index in [-0.39, 0.29) is 45.5 Å². The second-order valence-corrected chi connectivity index (χ2v) is 15.9. The van der Waals surface area contributed by atoms with E-state index in [4.69, 9.17) is 23.7 Å². The van der Waals surface area contributed by atoms with Crippen LogP contribution >= 0.6 is 0 Å². The van der Waals surface area contributed by atoms with E-state index in [0.717, 1.165) is 68.2 Å². The molecule has 75 heavy (non-hydrogen) atoms. The van der Waals surface area contributed by atoms with E-state index in [0.29, 0.717) is 0 Å². The van der Waals surface area contributed by atoms with Crippen molar-refractivity contribution in [3.05, 3.63) is 146 Å². The zero-order chi connectivity index (χ0) is 53.2. The summed E-state index contributed by atoms with van der Waals surface area (Å²) in [5.41, 5.74) is 1.63. The molecule has 4 aliphatic heterocycles. The number of nitrogens with one attached hydrogen (secondary N) is 4. The first-order valence-electron chi connectivity index (χ1n) is 22.1. The molecule has 4 N–H and O–H groups in total. The van der Waals surface area contributed by atoms with Crippen molar-refractivity contribution < 1.29 is 81.2 Å². The topological polar surface area (TPSA) is 312 Å². The van der Waals surface area contributed by atoms with Gasteiger partial charge >= 0.3 is 24.4 Å². The molecule has 0 aliphatic carbocycles. The molecule has 2 unspecified atom stereocenters. The predicted molar refractivity (Wildman–Crippen MR) is 261 cm³/mol. The van der Waals surface area contributed by atoms with E-state index in [1.54, 1.807) is 0 Å². The highest BCUT2D eigenvalue weighted by Gasteiger charge is 2.29. The van der Waals surface area contributed by atoms with Gasteiger partial charge in [0, 0.05) is 71.4 Å². The highest BCUT2D eigenvalue weighted by Crippen LogP contribution is 2.26. The van der Waals surface area contributed by atoms with Gasteiger partial charge in [-0.2, -0.15) is 0 Å². The average Bonchev–Trinajstić information content (AvgIpc) is 4.13. The smallest absolute Gasteiger partial charge is 0.412 e. The summed E-state index contributed by atoms with van der Waals surface area (Å²) in [6.45, 7) is -2.39. The van der Waals surface area contributed by atoms with Crippen molar-refractivity contribution in [1.82, 2.24) is 0 Å². The van der Waals surface area contributed by atoms with Crippen LogP contribution in [0.5, 0.6) is 0 Å². The molecule has 25 heteroatoms. The average molecular weight is 1020 g/mol. The summed E-state index contributed by atoms with van der Waals surface area (Å²) in [7, 11) is 0. The number of carbonyl (C=O) groups excluding carboxylic acids is 12. The fourth-order valence-corrected chi connectivity index (χ4v) is 7.20. The lowest BCUT2D eigenvalue weighted by atomic mass is 10.2. The first-order valence-corrected chi connectivity index (χ1v) is 22.1. The second-order valence-electron chi connectivity index (χ2n) is 15.9. The Balaban J connectivity index is 0.918. The van der Waals surface area contributed by atoms with Gasteiger partial charge in [-0.05, 0) is 97.1 Å². The monoisotopic (exact) mass is 1020 g/mol. The maximum Gasteiger partial charge on any atom is 0.412 e. The van der Waals surface area contributed by atoms with Gasteiger partial charge in [-0.25, -0.2) is 38.8 Å². The van der Waals surface area contributed by atoms with E-state index >= 15 is 0 Å². The number of amides is 12. The molecule has 0 fully saturated rings. The van der Waals surface area contributed by atoms with Gasteiger partial charge < -0.3 is 23.7 Å². The Morgan fingerprint density at radius 2 is 0.533 bits per heavy atom. The maximum atomic E-state index is 13.2. The molecule has 0 aromatic heterocycles. The fourth-order valence-electron chi connectivity index (χ4n) is 7.20. The van der Waals surface area contributed by atoms with Crippen molar-refractivity contribution in [2.45, 2.75) is 12.2 Å². The van der Waals surface area contributed by atoms with Gasteiger partial charge in [0.15, 0.2) is 12.2 Å². The normalized spacial score (nSPS) is 15.5. The third kappa shape index (κ3) is 12.7. The van der Waals surface area contributed by atoms with Crippen LogP contribution in [0.4, 0.5) is 64.7 Å². The number of ether oxygens (including phenoxy) is 5. The summed E-state index contributed by atoms with van der Waals surface area (Å²) in [6.07, 6.45) is 1.86. The molecule has 0 spiro atoms. The van der Waals surface area contributed by atoms with Crippen molar-refractivity contribution in [2.24, 2.45) is 0 Å². The molecule has 0 bridgehead atoms. The number of imide groups is 4. The number of hydrogen-bond acceptors (Lipinski definition) is 17. The minimum atomic E-state index is -1.39. The molecule has 12 amide bonds. The minimum absolute atomic E-state index is 0.162. The summed E-state index contributed by atoms with van der Waals surface area (Å²) >= 11 is 0. The highest BCUT2D eigenvalue weighted by atomic mass is 16.6. The lowest BCUT2D eigenvalue weighted by Crippen LogP contribution is -2.36. The maximum absolute atomic E-state index is 13.2. The van der Waals surface area contributed by atoms with Crippen molar-refractivity contribution in [3.8, 4) is 0 Å². The zero-order valence-corrected chi connectivity index (χ0v) is 38.6. The Bertz CT molecular complexity index is 2850. The predicted octanol–water partition coefficient (Wildman–Crippen LogP) is 4.45. The Morgan fingerprint density at radius 3 is 0.760 bits per heavy atom. The molecule has 4 heterocycles. The van der Waals surface area contributed by atoms with Crippen LogP contribution in [0.15, 0.2) is 146 Å². The SMILES string of the molecule is O=C(Nc1ccc(N2C(=O)C=CC2=O)cc1)OCC(COCC(COC(=O)Nc1ccc(N2C(=O)C=CC2=O)cc1)OC(=O)Nc1ccc(N2C(=O)C=CC2=O)cc1)OC(=O)Nc1ccc(N2C(=O)C=CC2=O)cc1. The summed E-state index contributed by atoms with van der Waals surface area (Å²) < 4.78 is 27.6. The van der Waals surface area contributed by atoms with E-state index in [1.807, 2.05) is 0 Å². The molecule has 0 saturated carbocycles. The van der Waals surface area contributed by atoms with Crippen LogP contribution in [0.2, 0.25) is 0 Å². The molecule has 4 aromatic carbocycles. The van der Waals surface area contributed by atoms with Crippen LogP contribution in [-0.2, 0) is 62.0 Å². The fraction of sp³-hybridized carbons (Fsp3) is 0.120. The minimum Gasteiger partial charge on any atom is -0.445 e. The van der Waals surface area contributed by atoms with Crippen LogP contribution in [0, 0.1) is 0 Å². The molecule has 380 valence electrons. The van der Waals surface area contributed by atoms with Crippen LogP contribution in [0.3, 0.4) is 0 Å².